The second-order valence-corrected chi connectivity index (χ2v) is 5.00. The molecule has 90 valence electrons. The second-order valence-electron chi connectivity index (χ2n) is 4.24. The van der Waals surface area contributed by atoms with Gasteiger partial charge in [-0.2, -0.15) is 0 Å². The fourth-order valence-corrected chi connectivity index (χ4v) is 2.09. The molecule has 0 radical (unpaired) electrons. The lowest BCUT2D eigenvalue weighted by atomic mass is 10.1. The molecule has 15 heavy (non-hydrogen) atoms. The molecule has 0 spiro atoms. The van der Waals surface area contributed by atoms with Gasteiger partial charge in [0.15, 0.2) is 0 Å². The van der Waals surface area contributed by atoms with Crippen LogP contribution in [0.2, 0.25) is 0 Å². The van der Waals surface area contributed by atoms with Gasteiger partial charge in [-0.3, -0.25) is 0 Å². The third-order valence-corrected chi connectivity index (χ3v) is 4.27. The minimum Gasteiger partial charge on any atom is -0.374 e. The molecule has 1 aliphatic heterocycles. The van der Waals surface area contributed by atoms with Crippen LogP contribution < -0.4 is 0 Å². The molecular weight excluding hydrogens is 307 g/mol. The fraction of sp³-hybridized carbons (Fsp3) is 1.00. The van der Waals surface area contributed by atoms with E-state index in [9.17, 15) is 0 Å². The van der Waals surface area contributed by atoms with Gasteiger partial charge in [-0.1, -0.05) is 35.4 Å². The Bertz CT molecular complexity index is 152. The topological polar surface area (TPSA) is 27.7 Å². The van der Waals surface area contributed by atoms with Crippen LogP contribution in [0.1, 0.15) is 39.0 Å². The van der Waals surface area contributed by atoms with Crippen molar-refractivity contribution in [2.45, 2.75) is 44.6 Å². The van der Waals surface area contributed by atoms with Crippen LogP contribution in [0.3, 0.4) is 0 Å². The molecule has 1 saturated heterocycles. The average Bonchev–Trinajstić information content (AvgIpc) is 2.23. The van der Waals surface area contributed by atoms with E-state index in [4.69, 9.17) is 14.5 Å². The minimum absolute atomic E-state index is 0.0525. The van der Waals surface area contributed by atoms with Gasteiger partial charge in [0.1, 0.15) is 0 Å². The molecule has 1 unspecified atom stereocenters. The van der Waals surface area contributed by atoms with Gasteiger partial charge in [-0.15, -0.1) is 0 Å². The van der Waals surface area contributed by atoms with Crippen LogP contribution in [0.4, 0.5) is 0 Å². The van der Waals surface area contributed by atoms with Crippen LogP contribution in [0.25, 0.3) is 0 Å². The second kappa shape index (κ2) is 7.81. The molecule has 3 nitrogen and oxygen atoms in total. The number of hydrogen-bond donors (Lipinski definition) is 0. The first kappa shape index (κ1) is 13.7. The summed E-state index contributed by atoms with van der Waals surface area (Å²) < 4.78 is 6.90. The van der Waals surface area contributed by atoms with Gasteiger partial charge in [-0.05, 0) is 19.8 Å². The van der Waals surface area contributed by atoms with E-state index in [-0.39, 0.29) is 5.60 Å². The zero-order valence-corrected chi connectivity index (χ0v) is 11.6. The number of ether oxygens (including phenoxy) is 1. The van der Waals surface area contributed by atoms with Crippen LogP contribution in [0.5, 0.6) is 0 Å². The molecule has 0 aromatic carbocycles. The largest absolute Gasteiger partial charge is 0.374 e. The van der Waals surface area contributed by atoms with E-state index >= 15 is 0 Å². The first-order chi connectivity index (χ1) is 7.27. The van der Waals surface area contributed by atoms with Crippen molar-refractivity contribution in [3.05, 3.63) is 0 Å². The summed E-state index contributed by atoms with van der Waals surface area (Å²) in [5.41, 5.74) is -0.0525. The number of halogens is 1. The molecule has 1 heterocycles. The van der Waals surface area contributed by atoms with Gasteiger partial charge in [0.25, 0.3) is 0 Å². The monoisotopic (exact) mass is 328 g/mol. The van der Waals surface area contributed by atoms with Crippen LogP contribution in [0.15, 0.2) is 0 Å². The Labute approximate surface area is 106 Å². The van der Waals surface area contributed by atoms with Gasteiger partial charge in [-0.25, -0.2) is 9.78 Å². The zero-order chi connectivity index (χ0) is 11.0. The molecule has 1 aliphatic rings. The van der Waals surface area contributed by atoms with Crippen molar-refractivity contribution in [2.75, 3.05) is 24.2 Å². The highest BCUT2D eigenvalue weighted by Crippen LogP contribution is 2.20. The third-order valence-electron chi connectivity index (χ3n) is 2.65. The van der Waals surface area contributed by atoms with Crippen molar-refractivity contribution >= 4 is 22.6 Å². The van der Waals surface area contributed by atoms with Gasteiger partial charge in [0.05, 0.1) is 18.8 Å². The molecule has 0 aromatic heterocycles. The summed E-state index contributed by atoms with van der Waals surface area (Å²) in [5, 5.41) is 0. The van der Waals surface area contributed by atoms with E-state index in [1.807, 2.05) is 0 Å². The maximum absolute atomic E-state index is 5.91. The molecule has 0 bridgehead atoms. The highest BCUT2D eigenvalue weighted by molar-refractivity contribution is 14.1. The first-order valence-electron chi connectivity index (χ1n) is 5.71. The van der Waals surface area contributed by atoms with Crippen molar-refractivity contribution in [1.82, 2.24) is 0 Å². The SMILES string of the molecule is CC1(CI)CCOOCCCCCCO1. The minimum atomic E-state index is -0.0525. The molecule has 0 N–H and O–H groups in total. The lowest BCUT2D eigenvalue weighted by molar-refractivity contribution is -0.299. The molecule has 0 aromatic rings. The predicted octanol–water partition coefficient (Wildman–Crippen LogP) is 3.11. The van der Waals surface area contributed by atoms with Crippen LogP contribution >= 0.6 is 22.6 Å². The summed E-state index contributed by atoms with van der Waals surface area (Å²) >= 11 is 2.37. The summed E-state index contributed by atoms with van der Waals surface area (Å²) in [6.07, 6.45) is 5.57. The van der Waals surface area contributed by atoms with Crippen LogP contribution in [-0.2, 0) is 14.5 Å². The van der Waals surface area contributed by atoms with Crippen molar-refractivity contribution in [3.8, 4) is 0 Å². The van der Waals surface area contributed by atoms with E-state index < -0.39 is 0 Å². The van der Waals surface area contributed by atoms with Gasteiger partial charge in [0.2, 0.25) is 0 Å². The van der Waals surface area contributed by atoms with Gasteiger partial charge >= 0.3 is 0 Å². The molecule has 0 aliphatic carbocycles. The summed E-state index contributed by atoms with van der Waals surface area (Å²) in [7, 11) is 0. The van der Waals surface area contributed by atoms with Crippen molar-refractivity contribution in [3.63, 3.8) is 0 Å². The van der Waals surface area contributed by atoms with E-state index in [1.165, 1.54) is 12.8 Å². The Hall–Kier alpha value is 0.610. The van der Waals surface area contributed by atoms with Crippen LogP contribution in [-0.4, -0.2) is 29.8 Å². The Morgan fingerprint density at radius 1 is 1.00 bits per heavy atom. The highest BCUT2D eigenvalue weighted by Gasteiger charge is 2.23. The molecule has 0 amide bonds. The van der Waals surface area contributed by atoms with Crippen molar-refractivity contribution in [1.29, 1.82) is 0 Å². The normalized spacial score (nSPS) is 31.6. The quantitative estimate of drug-likeness (QED) is 0.421. The lowest BCUT2D eigenvalue weighted by Crippen LogP contribution is -2.33. The van der Waals surface area contributed by atoms with E-state index in [2.05, 4.69) is 29.5 Å². The van der Waals surface area contributed by atoms with Gasteiger partial charge < -0.3 is 4.74 Å². The Balaban J connectivity index is 2.32. The summed E-state index contributed by atoms with van der Waals surface area (Å²) in [6.45, 7) is 4.37. The number of rotatable bonds is 1. The fourth-order valence-electron chi connectivity index (χ4n) is 1.49. The molecule has 1 atom stereocenters. The van der Waals surface area contributed by atoms with E-state index in [1.54, 1.807) is 0 Å². The standard InChI is InChI=1S/C11H21IO3/c1-11(10-12)6-9-15-14-8-5-3-2-4-7-13-11/h2-10H2,1H3. The molecular formula is C11H21IO3. The number of hydrogen-bond acceptors (Lipinski definition) is 3. The number of alkyl halides is 1. The highest BCUT2D eigenvalue weighted by atomic mass is 127. The van der Waals surface area contributed by atoms with Gasteiger partial charge in [0, 0.05) is 17.5 Å². The van der Waals surface area contributed by atoms with Crippen LogP contribution in [0, 0.1) is 0 Å². The van der Waals surface area contributed by atoms with Crippen molar-refractivity contribution in [2.24, 2.45) is 0 Å². The smallest absolute Gasteiger partial charge is 0.0850 e. The Morgan fingerprint density at radius 3 is 2.40 bits per heavy atom. The third kappa shape index (κ3) is 6.04. The molecule has 1 rings (SSSR count). The zero-order valence-electron chi connectivity index (χ0n) is 9.47. The Morgan fingerprint density at radius 2 is 1.67 bits per heavy atom. The van der Waals surface area contributed by atoms with Crippen molar-refractivity contribution < 1.29 is 14.5 Å². The molecule has 4 heteroatoms. The van der Waals surface area contributed by atoms with E-state index in [0.717, 1.165) is 36.9 Å². The molecule has 1 fully saturated rings. The predicted molar refractivity (Wildman–Crippen MR) is 68.2 cm³/mol. The maximum atomic E-state index is 5.91. The summed E-state index contributed by atoms with van der Waals surface area (Å²) in [6, 6.07) is 0. The molecule has 0 saturated carbocycles. The van der Waals surface area contributed by atoms with E-state index in [0.29, 0.717) is 6.61 Å². The summed E-state index contributed by atoms with van der Waals surface area (Å²) in [5.74, 6) is 0. The maximum Gasteiger partial charge on any atom is 0.0850 e. The Kier molecular flexibility index (Phi) is 7.12. The average molecular weight is 328 g/mol. The summed E-state index contributed by atoms with van der Waals surface area (Å²) in [4.78, 5) is 10.2. The lowest BCUT2D eigenvalue weighted by Gasteiger charge is -2.28. The first-order valence-corrected chi connectivity index (χ1v) is 7.24.